The van der Waals surface area contributed by atoms with E-state index in [4.69, 9.17) is 0 Å². The second kappa shape index (κ2) is 10.00. The fraction of sp³-hybridized carbons (Fsp3) is 0.632. The Bertz CT molecular complexity index is 650. The Morgan fingerprint density at radius 2 is 1.68 bits per heavy atom. The van der Waals surface area contributed by atoms with Crippen molar-refractivity contribution >= 4 is 35.6 Å². The molecule has 2 aliphatic heterocycles. The number of benzene rings is 1. The SMILES string of the molecule is CN=C(NC1CCN(CC(F)(F)F)C1)NC1CCN(c2ccc(C)cc2)C1.I. The number of rotatable bonds is 4. The molecule has 0 radical (unpaired) electrons. The maximum Gasteiger partial charge on any atom is 0.401 e. The highest BCUT2D eigenvalue weighted by atomic mass is 127. The fourth-order valence-electron chi connectivity index (χ4n) is 3.77. The van der Waals surface area contributed by atoms with Gasteiger partial charge in [0.15, 0.2) is 5.96 Å². The minimum absolute atomic E-state index is 0. The highest BCUT2D eigenvalue weighted by Gasteiger charge is 2.34. The van der Waals surface area contributed by atoms with Gasteiger partial charge in [-0.05, 0) is 31.9 Å². The normalized spacial score (nSPS) is 23.6. The Morgan fingerprint density at radius 3 is 2.29 bits per heavy atom. The quantitative estimate of drug-likeness (QED) is 0.371. The summed E-state index contributed by atoms with van der Waals surface area (Å²) in [5.74, 6) is 0.671. The zero-order valence-corrected chi connectivity index (χ0v) is 18.6. The van der Waals surface area contributed by atoms with E-state index >= 15 is 0 Å². The van der Waals surface area contributed by atoms with Crippen LogP contribution in [0.2, 0.25) is 0 Å². The van der Waals surface area contributed by atoms with E-state index in [0.29, 0.717) is 25.5 Å². The largest absolute Gasteiger partial charge is 0.401 e. The average Bonchev–Trinajstić information content (AvgIpc) is 3.23. The molecule has 0 aromatic heterocycles. The summed E-state index contributed by atoms with van der Waals surface area (Å²) in [4.78, 5) is 8.04. The summed E-state index contributed by atoms with van der Waals surface area (Å²) in [6, 6.07) is 8.77. The van der Waals surface area contributed by atoms with E-state index in [1.54, 1.807) is 7.05 Å². The second-order valence-corrected chi connectivity index (χ2v) is 7.46. The van der Waals surface area contributed by atoms with Crippen molar-refractivity contribution in [1.29, 1.82) is 0 Å². The molecule has 5 nitrogen and oxygen atoms in total. The molecule has 0 bridgehead atoms. The summed E-state index contributed by atoms with van der Waals surface area (Å²) in [5.41, 5.74) is 2.46. The Morgan fingerprint density at radius 1 is 1.07 bits per heavy atom. The maximum atomic E-state index is 12.5. The lowest BCUT2D eigenvalue weighted by atomic mass is 10.2. The Balaban J connectivity index is 0.00000280. The van der Waals surface area contributed by atoms with Crippen LogP contribution in [0.25, 0.3) is 0 Å². The van der Waals surface area contributed by atoms with Crippen LogP contribution in [0.1, 0.15) is 18.4 Å². The number of guanidine groups is 1. The predicted octanol–water partition coefficient (Wildman–Crippen LogP) is 2.99. The van der Waals surface area contributed by atoms with Gasteiger partial charge in [-0.2, -0.15) is 13.2 Å². The minimum atomic E-state index is -4.14. The average molecular weight is 511 g/mol. The number of likely N-dealkylation sites (tertiary alicyclic amines) is 1. The molecule has 2 fully saturated rings. The van der Waals surface area contributed by atoms with Crippen molar-refractivity contribution in [2.45, 2.75) is 38.0 Å². The van der Waals surface area contributed by atoms with Crippen LogP contribution < -0.4 is 15.5 Å². The number of aliphatic imine (C=N–C) groups is 1. The molecule has 158 valence electrons. The molecule has 0 spiro atoms. The summed E-state index contributed by atoms with van der Waals surface area (Å²) >= 11 is 0. The predicted molar refractivity (Wildman–Crippen MR) is 118 cm³/mol. The third-order valence-electron chi connectivity index (χ3n) is 5.17. The first-order valence-electron chi connectivity index (χ1n) is 9.43. The lowest BCUT2D eigenvalue weighted by molar-refractivity contribution is -0.143. The van der Waals surface area contributed by atoms with Crippen LogP contribution in [0, 0.1) is 6.92 Å². The molecule has 0 aliphatic carbocycles. The van der Waals surface area contributed by atoms with Gasteiger partial charge in [0.25, 0.3) is 0 Å². The van der Waals surface area contributed by atoms with Crippen LogP contribution in [-0.4, -0.2) is 68.9 Å². The van der Waals surface area contributed by atoms with E-state index in [1.165, 1.54) is 16.2 Å². The van der Waals surface area contributed by atoms with E-state index in [2.05, 4.69) is 51.7 Å². The zero-order chi connectivity index (χ0) is 19.4. The highest BCUT2D eigenvalue weighted by molar-refractivity contribution is 14.0. The second-order valence-electron chi connectivity index (χ2n) is 7.46. The van der Waals surface area contributed by atoms with Gasteiger partial charge in [-0.25, -0.2) is 0 Å². The molecular formula is C19H29F3IN5. The number of aryl methyl sites for hydroxylation is 1. The fourth-order valence-corrected chi connectivity index (χ4v) is 3.77. The Kier molecular flexibility index (Phi) is 8.23. The van der Waals surface area contributed by atoms with E-state index in [-0.39, 0.29) is 36.1 Å². The van der Waals surface area contributed by atoms with Crippen LogP contribution in [-0.2, 0) is 0 Å². The molecule has 2 N–H and O–H groups in total. The number of hydrogen-bond donors (Lipinski definition) is 2. The van der Waals surface area contributed by atoms with Crippen LogP contribution in [0.15, 0.2) is 29.3 Å². The van der Waals surface area contributed by atoms with Gasteiger partial charge >= 0.3 is 6.18 Å². The van der Waals surface area contributed by atoms with E-state index in [0.717, 1.165) is 19.5 Å². The lowest BCUT2D eigenvalue weighted by Gasteiger charge is -2.23. The molecule has 1 aromatic rings. The van der Waals surface area contributed by atoms with Crippen molar-refractivity contribution < 1.29 is 13.2 Å². The molecule has 28 heavy (non-hydrogen) atoms. The number of nitrogens with one attached hydrogen (secondary N) is 2. The van der Waals surface area contributed by atoms with Gasteiger partial charge < -0.3 is 15.5 Å². The maximum absolute atomic E-state index is 12.5. The van der Waals surface area contributed by atoms with Gasteiger partial charge in [0.2, 0.25) is 0 Å². The van der Waals surface area contributed by atoms with Gasteiger partial charge in [-0.3, -0.25) is 9.89 Å². The van der Waals surface area contributed by atoms with Crippen LogP contribution in [0.4, 0.5) is 18.9 Å². The third kappa shape index (κ3) is 6.68. The summed E-state index contributed by atoms with van der Waals surface area (Å²) in [6.45, 7) is 3.94. The van der Waals surface area contributed by atoms with Crippen molar-refractivity contribution in [3.05, 3.63) is 29.8 Å². The van der Waals surface area contributed by atoms with Gasteiger partial charge in [0, 0.05) is 51.0 Å². The standard InChI is InChI=1S/C19H28F3N5.HI/c1-14-3-5-17(6-4-14)27-10-8-16(12-27)25-18(23-2)24-15-7-9-26(11-15)13-19(20,21)22;/h3-6,15-16H,7-13H2,1-2H3,(H2,23,24,25);1H. The number of halogens is 4. The topological polar surface area (TPSA) is 42.9 Å². The molecule has 9 heteroatoms. The zero-order valence-electron chi connectivity index (χ0n) is 16.3. The highest BCUT2D eigenvalue weighted by Crippen LogP contribution is 2.21. The molecule has 2 atom stereocenters. The molecule has 0 amide bonds. The first-order chi connectivity index (χ1) is 12.8. The molecule has 1 aromatic carbocycles. The van der Waals surface area contributed by atoms with Gasteiger partial charge in [-0.1, -0.05) is 17.7 Å². The Hall–Kier alpha value is -1.23. The summed E-state index contributed by atoms with van der Waals surface area (Å²) < 4.78 is 37.6. The molecule has 2 heterocycles. The Labute approximate surface area is 181 Å². The number of nitrogens with zero attached hydrogens (tertiary/aromatic N) is 3. The molecular weight excluding hydrogens is 482 g/mol. The molecule has 0 saturated carbocycles. The van der Waals surface area contributed by atoms with Crippen LogP contribution in [0.3, 0.4) is 0 Å². The molecule has 2 saturated heterocycles. The van der Waals surface area contributed by atoms with Gasteiger partial charge in [0.05, 0.1) is 6.54 Å². The molecule has 2 unspecified atom stereocenters. The van der Waals surface area contributed by atoms with E-state index in [9.17, 15) is 13.2 Å². The van der Waals surface area contributed by atoms with E-state index < -0.39 is 12.7 Å². The van der Waals surface area contributed by atoms with Crippen molar-refractivity contribution in [2.24, 2.45) is 4.99 Å². The molecule has 3 rings (SSSR count). The lowest BCUT2D eigenvalue weighted by Crippen LogP contribution is -2.49. The summed E-state index contributed by atoms with van der Waals surface area (Å²) in [7, 11) is 1.70. The monoisotopic (exact) mass is 511 g/mol. The summed E-state index contributed by atoms with van der Waals surface area (Å²) in [6.07, 6.45) is -2.45. The minimum Gasteiger partial charge on any atom is -0.369 e. The van der Waals surface area contributed by atoms with Crippen LogP contribution in [0.5, 0.6) is 0 Å². The van der Waals surface area contributed by atoms with Gasteiger partial charge in [0.1, 0.15) is 0 Å². The summed E-state index contributed by atoms with van der Waals surface area (Å²) in [5, 5.41) is 6.70. The van der Waals surface area contributed by atoms with E-state index in [1.807, 2.05) is 0 Å². The first-order valence-corrected chi connectivity index (χ1v) is 9.43. The number of hydrogen-bond acceptors (Lipinski definition) is 3. The van der Waals surface area contributed by atoms with Crippen LogP contribution >= 0.6 is 24.0 Å². The van der Waals surface area contributed by atoms with Crippen molar-refractivity contribution in [3.63, 3.8) is 0 Å². The third-order valence-corrected chi connectivity index (χ3v) is 5.17. The smallest absolute Gasteiger partial charge is 0.369 e. The van der Waals surface area contributed by atoms with Crippen molar-refractivity contribution in [2.75, 3.05) is 44.7 Å². The van der Waals surface area contributed by atoms with Crippen molar-refractivity contribution in [1.82, 2.24) is 15.5 Å². The number of anilines is 1. The number of alkyl halides is 3. The van der Waals surface area contributed by atoms with Gasteiger partial charge in [-0.15, -0.1) is 24.0 Å². The van der Waals surface area contributed by atoms with Crippen molar-refractivity contribution in [3.8, 4) is 0 Å². The molecule has 2 aliphatic rings. The first kappa shape index (κ1) is 23.1.